The minimum atomic E-state index is 0.663. The summed E-state index contributed by atoms with van der Waals surface area (Å²) in [7, 11) is 0. The average Bonchev–Trinajstić information content (AvgIpc) is 3.18. The number of nitrogens with one attached hydrogen (secondary N) is 3. The van der Waals surface area contributed by atoms with Gasteiger partial charge in [0.15, 0.2) is 0 Å². The Balaban J connectivity index is 1.36. The molecule has 0 atom stereocenters. The Labute approximate surface area is 185 Å². The lowest BCUT2D eigenvalue weighted by Gasteiger charge is -2.27. The van der Waals surface area contributed by atoms with Crippen molar-refractivity contribution in [3.63, 3.8) is 0 Å². The fourth-order valence-corrected chi connectivity index (χ4v) is 4.12. The minimum Gasteiger partial charge on any atom is -0.324 e. The van der Waals surface area contributed by atoms with E-state index in [0.717, 1.165) is 66.4 Å². The van der Waals surface area contributed by atoms with Gasteiger partial charge < -0.3 is 15.6 Å². The summed E-state index contributed by atoms with van der Waals surface area (Å²) in [6.45, 7) is 7.05. The lowest BCUT2D eigenvalue weighted by molar-refractivity contribution is 0.233. The van der Waals surface area contributed by atoms with Crippen molar-refractivity contribution in [2.24, 2.45) is 0 Å². The molecule has 1 aromatic carbocycles. The number of nitrogens with zero attached hydrogens (tertiary/aromatic N) is 4. The molecule has 0 unspecified atom stereocenters. The topological polar surface area (TPSA) is 81.8 Å². The maximum Gasteiger partial charge on any atom is 0.206 e. The fraction of sp³-hybridized carbons (Fsp3) is 0.261. The van der Waals surface area contributed by atoms with Gasteiger partial charge in [-0.25, -0.2) is 9.97 Å². The Morgan fingerprint density at radius 2 is 1.90 bits per heavy atom. The number of fused-ring (bicyclic) bond motifs is 1. The van der Waals surface area contributed by atoms with Gasteiger partial charge in [-0.1, -0.05) is 17.7 Å². The highest BCUT2D eigenvalue weighted by Crippen LogP contribution is 2.31. The molecule has 7 nitrogen and oxygen atoms in total. The number of aromatic nitrogens is 4. The summed E-state index contributed by atoms with van der Waals surface area (Å²) >= 11 is 6.46. The zero-order valence-corrected chi connectivity index (χ0v) is 18.1. The number of rotatable bonds is 5. The molecule has 0 saturated carbocycles. The molecule has 1 fully saturated rings. The van der Waals surface area contributed by atoms with Crippen LogP contribution in [0.3, 0.4) is 0 Å². The van der Waals surface area contributed by atoms with Gasteiger partial charge in [-0.3, -0.25) is 9.88 Å². The number of hydrogen-bond acceptors (Lipinski definition) is 6. The maximum atomic E-state index is 6.46. The van der Waals surface area contributed by atoms with E-state index in [1.165, 1.54) is 5.56 Å². The van der Waals surface area contributed by atoms with Gasteiger partial charge >= 0.3 is 0 Å². The molecule has 4 aromatic rings. The van der Waals surface area contributed by atoms with Crippen molar-refractivity contribution in [3.8, 4) is 11.1 Å². The number of aryl methyl sites for hydroxylation is 1. The van der Waals surface area contributed by atoms with E-state index in [1.807, 2.05) is 31.3 Å². The van der Waals surface area contributed by atoms with E-state index in [2.05, 4.69) is 53.7 Å². The smallest absolute Gasteiger partial charge is 0.206 e. The first-order valence-electron chi connectivity index (χ1n) is 10.4. The first-order valence-corrected chi connectivity index (χ1v) is 10.8. The monoisotopic (exact) mass is 433 g/mol. The van der Waals surface area contributed by atoms with Crippen molar-refractivity contribution >= 4 is 34.4 Å². The third-order valence-corrected chi connectivity index (χ3v) is 6.02. The number of halogens is 1. The van der Waals surface area contributed by atoms with Gasteiger partial charge in [0.2, 0.25) is 5.95 Å². The van der Waals surface area contributed by atoms with Crippen molar-refractivity contribution in [1.29, 1.82) is 0 Å². The molecular formula is C23H24ClN7. The van der Waals surface area contributed by atoms with E-state index < -0.39 is 0 Å². The number of anilines is 2. The number of pyridine rings is 2. The summed E-state index contributed by atoms with van der Waals surface area (Å²) < 4.78 is 0. The summed E-state index contributed by atoms with van der Waals surface area (Å²) in [4.78, 5) is 19.2. The normalized spacial score (nSPS) is 14.8. The summed E-state index contributed by atoms with van der Waals surface area (Å²) in [6, 6.07) is 12.2. The van der Waals surface area contributed by atoms with Gasteiger partial charge in [0.1, 0.15) is 5.82 Å². The van der Waals surface area contributed by atoms with Crippen LogP contribution < -0.4 is 10.6 Å². The zero-order chi connectivity index (χ0) is 21.2. The second-order valence-electron chi connectivity index (χ2n) is 7.78. The zero-order valence-electron chi connectivity index (χ0n) is 17.3. The molecule has 3 aromatic heterocycles. The minimum absolute atomic E-state index is 0.663. The second-order valence-corrected chi connectivity index (χ2v) is 8.15. The molecule has 4 heterocycles. The van der Waals surface area contributed by atoms with Gasteiger partial charge in [-0.05, 0) is 48.4 Å². The van der Waals surface area contributed by atoms with Gasteiger partial charge in [0, 0.05) is 50.7 Å². The van der Waals surface area contributed by atoms with E-state index in [-0.39, 0.29) is 0 Å². The number of H-pyrrole nitrogens is 1. The summed E-state index contributed by atoms with van der Waals surface area (Å²) in [5.74, 6) is 1.44. The van der Waals surface area contributed by atoms with Crippen LogP contribution in [-0.2, 0) is 6.54 Å². The Bertz CT molecular complexity index is 1210. The van der Waals surface area contributed by atoms with Gasteiger partial charge in [-0.2, -0.15) is 0 Å². The largest absolute Gasteiger partial charge is 0.324 e. The standard InChI is InChI=1S/C23H24ClN7/c1-15-22(24)18(5-7-26-15)17-2-3-19-20(13-17)29-23(28-19)30-21-12-16(4-6-27-21)14-31-10-8-25-9-11-31/h2-7,12-13,25H,8-11,14H2,1H3,(H2,27,28,29,30). The number of aromatic amines is 1. The van der Waals surface area contributed by atoms with Gasteiger partial charge in [-0.15, -0.1) is 0 Å². The molecule has 0 bridgehead atoms. The predicted octanol–water partition coefficient (Wildman–Crippen LogP) is 4.13. The van der Waals surface area contributed by atoms with Gasteiger partial charge in [0.25, 0.3) is 0 Å². The van der Waals surface area contributed by atoms with E-state index in [0.29, 0.717) is 11.0 Å². The molecule has 31 heavy (non-hydrogen) atoms. The molecule has 5 rings (SSSR count). The van der Waals surface area contributed by atoms with Crippen molar-refractivity contribution < 1.29 is 0 Å². The van der Waals surface area contributed by atoms with E-state index >= 15 is 0 Å². The molecule has 0 aliphatic carbocycles. The maximum absolute atomic E-state index is 6.46. The third-order valence-electron chi connectivity index (χ3n) is 5.54. The fourth-order valence-electron chi connectivity index (χ4n) is 3.90. The SMILES string of the molecule is Cc1nccc(-c2ccc3nc(Nc4cc(CN5CCNCC5)ccn4)[nH]c3c2)c1Cl. The highest BCUT2D eigenvalue weighted by atomic mass is 35.5. The highest BCUT2D eigenvalue weighted by Gasteiger charge is 2.12. The molecule has 1 aliphatic heterocycles. The summed E-state index contributed by atoms with van der Waals surface area (Å²) in [5, 5.41) is 7.37. The Morgan fingerprint density at radius 1 is 1.06 bits per heavy atom. The number of piperazine rings is 1. The van der Waals surface area contributed by atoms with Crippen molar-refractivity contribution in [3.05, 3.63) is 65.1 Å². The molecule has 8 heteroatoms. The highest BCUT2D eigenvalue weighted by molar-refractivity contribution is 6.33. The molecule has 3 N–H and O–H groups in total. The van der Waals surface area contributed by atoms with E-state index in [4.69, 9.17) is 11.6 Å². The van der Waals surface area contributed by atoms with Crippen LogP contribution in [-0.4, -0.2) is 51.0 Å². The first kappa shape index (κ1) is 19.9. The molecule has 1 saturated heterocycles. The van der Waals surface area contributed by atoms with Crippen LogP contribution in [0.25, 0.3) is 22.2 Å². The Kier molecular flexibility index (Phi) is 5.55. The molecule has 0 amide bonds. The van der Waals surface area contributed by atoms with Crippen molar-refractivity contribution in [2.75, 3.05) is 31.5 Å². The molecule has 1 aliphatic rings. The Hall–Kier alpha value is -3.00. The quantitative estimate of drug-likeness (QED) is 0.439. The predicted molar refractivity (Wildman–Crippen MR) is 125 cm³/mol. The number of benzene rings is 1. The van der Waals surface area contributed by atoms with Crippen LogP contribution >= 0.6 is 11.6 Å². The first-order chi connectivity index (χ1) is 15.2. The average molecular weight is 434 g/mol. The molecule has 0 spiro atoms. The van der Waals surface area contributed by atoms with Crippen LogP contribution in [0.4, 0.5) is 11.8 Å². The summed E-state index contributed by atoms with van der Waals surface area (Å²) in [5.41, 5.74) is 5.85. The lowest BCUT2D eigenvalue weighted by atomic mass is 10.1. The van der Waals surface area contributed by atoms with Crippen LogP contribution in [0, 0.1) is 6.92 Å². The third kappa shape index (κ3) is 4.39. The Morgan fingerprint density at radius 3 is 2.77 bits per heavy atom. The van der Waals surface area contributed by atoms with Crippen molar-refractivity contribution in [2.45, 2.75) is 13.5 Å². The molecular weight excluding hydrogens is 410 g/mol. The number of hydrogen-bond donors (Lipinski definition) is 3. The van der Waals surface area contributed by atoms with Crippen LogP contribution in [0.2, 0.25) is 5.02 Å². The molecule has 0 radical (unpaired) electrons. The lowest BCUT2D eigenvalue weighted by Crippen LogP contribution is -2.42. The second kappa shape index (κ2) is 8.63. The van der Waals surface area contributed by atoms with Crippen LogP contribution in [0.15, 0.2) is 48.8 Å². The summed E-state index contributed by atoms with van der Waals surface area (Å²) in [6.07, 6.45) is 3.62. The molecule has 158 valence electrons. The van der Waals surface area contributed by atoms with E-state index in [9.17, 15) is 0 Å². The number of imidazole rings is 1. The van der Waals surface area contributed by atoms with Crippen LogP contribution in [0.5, 0.6) is 0 Å². The van der Waals surface area contributed by atoms with Crippen LogP contribution in [0.1, 0.15) is 11.3 Å². The van der Waals surface area contributed by atoms with Gasteiger partial charge in [0.05, 0.1) is 21.7 Å². The van der Waals surface area contributed by atoms with E-state index in [1.54, 1.807) is 6.20 Å². The van der Waals surface area contributed by atoms with Crippen molar-refractivity contribution in [1.82, 2.24) is 30.2 Å².